The van der Waals surface area contributed by atoms with E-state index in [-0.39, 0.29) is 30.3 Å². The zero-order valence-electron chi connectivity index (χ0n) is 16.3. The number of piperidine rings is 1. The van der Waals surface area contributed by atoms with Gasteiger partial charge in [0.25, 0.3) is 5.91 Å². The van der Waals surface area contributed by atoms with Crippen molar-refractivity contribution in [1.82, 2.24) is 20.4 Å². The van der Waals surface area contributed by atoms with Crippen molar-refractivity contribution in [3.05, 3.63) is 35.9 Å². The van der Waals surface area contributed by atoms with Crippen molar-refractivity contribution < 1.29 is 14.4 Å². The molecule has 2 saturated heterocycles. The summed E-state index contributed by atoms with van der Waals surface area (Å²) in [6, 6.07) is 10.0. The number of urea groups is 1. The molecule has 1 aromatic rings. The van der Waals surface area contributed by atoms with E-state index in [1.165, 1.54) is 5.56 Å². The van der Waals surface area contributed by atoms with Crippen LogP contribution in [0.1, 0.15) is 38.2 Å². The molecule has 2 aliphatic heterocycles. The highest BCUT2D eigenvalue weighted by Crippen LogP contribution is 2.42. The average Bonchev–Trinajstić information content (AvgIpc) is 3.50. The highest BCUT2D eigenvalue weighted by molar-refractivity contribution is 6.09. The van der Waals surface area contributed by atoms with Crippen LogP contribution < -0.4 is 10.6 Å². The largest absolute Gasteiger partial charge is 0.352 e. The van der Waals surface area contributed by atoms with Crippen molar-refractivity contribution in [3.63, 3.8) is 0 Å². The van der Waals surface area contributed by atoms with Gasteiger partial charge in [-0.3, -0.25) is 19.4 Å². The van der Waals surface area contributed by atoms with Crippen LogP contribution in [0.25, 0.3) is 0 Å². The predicted molar refractivity (Wildman–Crippen MR) is 104 cm³/mol. The van der Waals surface area contributed by atoms with Crippen molar-refractivity contribution in [2.45, 2.75) is 50.7 Å². The van der Waals surface area contributed by atoms with Crippen LogP contribution in [0.3, 0.4) is 0 Å². The Morgan fingerprint density at radius 3 is 2.46 bits per heavy atom. The van der Waals surface area contributed by atoms with E-state index in [9.17, 15) is 14.4 Å². The summed E-state index contributed by atoms with van der Waals surface area (Å²) in [5.74, 6) is -0.330. The molecule has 4 rings (SSSR count). The van der Waals surface area contributed by atoms with E-state index in [1.54, 1.807) is 6.92 Å². The van der Waals surface area contributed by atoms with Crippen LogP contribution >= 0.6 is 0 Å². The molecule has 1 aliphatic carbocycles. The van der Waals surface area contributed by atoms with E-state index < -0.39 is 11.6 Å². The number of benzene rings is 1. The van der Waals surface area contributed by atoms with E-state index in [0.29, 0.717) is 0 Å². The van der Waals surface area contributed by atoms with Gasteiger partial charge in [0, 0.05) is 25.7 Å². The number of carbonyl (C=O) groups is 3. The van der Waals surface area contributed by atoms with Gasteiger partial charge in [-0.1, -0.05) is 30.3 Å². The Morgan fingerprint density at radius 2 is 1.82 bits per heavy atom. The zero-order valence-corrected chi connectivity index (χ0v) is 16.3. The van der Waals surface area contributed by atoms with Crippen LogP contribution in [-0.2, 0) is 16.1 Å². The Kier molecular flexibility index (Phi) is 5.10. The number of hydrogen-bond donors (Lipinski definition) is 2. The third-order valence-electron chi connectivity index (χ3n) is 6.20. The van der Waals surface area contributed by atoms with Gasteiger partial charge in [0.2, 0.25) is 5.91 Å². The smallest absolute Gasteiger partial charge is 0.325 e. The van der Waals surface area contributed by atoms with E-state index in [2.05, 4.69) is 27.7 Å². The number of rotatable bonds is 6. The fraction of sp³-hybridized carbons (Fsp3) is 0.571. The van der Waals surface area contributed by atoms with Gasteiger partial charge in [-0.25, -0.2) is 4.79 Å². The highest BCUT2D eigenvalue weighted by Gasteiger charge is 2.56. The summed E-state index contributed by atoms with van der Waals surface area (Å²) in [6.45, 7) is 4.33. The molecule has 0 aromatic heterocycles. The van der Waals surface area contributed by atoms with Gasteiger partial charge < -0.3 is 10.6 Å². The summed E-state index contributed by atoms with van der Waals surface area (Å²) in [6.07, 6.45) is 3.64. The Morgan fingerprint density at radius 1 is 1.14 bits per heavy atom. The number of likely N-dealkylation sites (tertiary alicyclic amines) is 1. The Labute approximate surface area is 165 Å². The van der Waals surface area contributed by atoms with Gasteiger partial charge in [-0.05, 0) is 44.1 Å². The van der Waals surface area contributed by atoms with Crippen molar-refractivity contribution in [1.29, 1.82) is 0 Å². The second kappa shape index (κ2) is 7.54. The maximum atomic E-state index is 12.6. The maximum Gasteiger partial charge on any atom is 0.325 e. The molecule has 28 heavy (non-hydrogen) atoms. The van der Waals surface area contributed by atoms with Gasteiger partial charge in [0.05, 0.1) is 0 Å². The van der Waals surface area contributed by atoms with E-state index in [1.807, 2.05) is 18.2 Å². The first-order valence-electron chi connectivity index (χ1n) is 10.2. The first-order valence-corrected chi connectivity index (χ1v) is 10.2. The summed E-state index contributed by atoms with van der Waals surface area (Å²) >= 11 is 0. The minimum absolute atomic E-state index is 0.0927. The molecule has 3 fully saturated rings. The molecule has 7 nitrogen and oxygen atoms in total. The lowest BCUT2D eigenvalue weighted by Gasteiger charge is -2.32. The fourth-order valence-electron chi connectivity index (χ4n) is 4.29. The molecule has 2 N–H and O–H groups in total. The molecule has 0 spiro atoms. The normalized spacial score (nSPS) is 26.4. The second-order valence-electron chi connectivity index (χ2n) is 8.40. The van der Waals surface area contributed by atoms with E-state index in [4.69, 9.17) is 0 Å². The predicted octanol–water partition coefficient (Wildman–Crippen LogP) is 1.49. The molecule has 0 bridgehead atoms. The molecule has 4 amide bonds. The van der Waals surface area contributed by atoms with E-state index >= 15 is 0 Å². The first-order chi connectivity index (χ1) is 13.5. The molecule has 1 aromatic carbocycles. The van der Waals surface area contributed by atoms with Crippen LogP contribution in [-0.4, -0.2) is 58.9 Å². The summed E-state index contributed by atoms with van der Waals surface area (Å²) in [7, 11) is 0. The Bertz CT molecular complexity index is 756. The van der Waals surface area contributed by atoms with Gasteiger partial charge >= 0.3 is 6.03 Å². The lowest BCUT2D eigenvalue weighted by molar-refractivity contribution is -0.135. The number of imide groups is 1. The third-order valence-corrected chi connectivity index (χ3v) is 6.20. The molecule has 1 atom stereocenters. The van der Waals surface area contributed by atoms with Crippen LogP contribution in [0.2, 0.25) is 0 Å². The average molecular weight is 384 g/mol. The first kappa shape index (κ1) is 18.9. The van der Waals surface area contributed by atoms with Crippen LogP contribution in [0, 0.1) is 5.92 Å². The van der Waals surface area contributed by atoms with Gasteiger partial charge in [0.15, 0.2) is 0 Å². The molecular formula is C21H28N4O3. The Balaban J connectivity index is 1.24. The SMILES string of the molecule is CC1(C2CC2)NC(=O)N(CC(=O)NC2CCN(Cc3ccccc3)CC2)C1=O. The molecule has 3 aliphatic rings. The molecule has 1 saturated carbocycles. The summed E-state index contributed by atoms with van der Waals surface area (Å²) in [5.41, 5.74) is 0.461. The van der Waals surface area contributed by atoms with Gasteiger partial charge in [0.1, 0.15) is 12.1 Å². The summed E-state index contributed by atoms with van der Waals surface area (Å²) in [4.78, 5) is 40.7. The van der Waals surface area contributed by atoms with Crippen LogP contribution in [0.15, 0.2) is 30.3 Å². The second-order valence-corrected chi connectivity index (χ2v) is 8.40. The number of nitrogens with one attached hydrogen (secondary N) is 2. The van der Waals surface area contributed by atoms with Gasteiger partial charge in [-0.15, -0.1) is 0 Å². The molecular weight excluding hydrogens is 356 g/mol. The lowest BCUT2D eigenvalue weighted by atomic mass is 9.96. The van der Waals surface area contributed by atoms with Crippen LogP contribution in [0.4, 0.5) is 4.79 Å². The molecule has 0 radical (unpaired) electrons. The maximum absolute atomic E-state index is 12.6. The minimum atomic E-state index is -0.833. The zero-order chi connectivity index (χ0) is 19.7. The third kappa shape index (κ3) is 3.90. The molecule has 150 valence electrons. The Hall–Kier alpha value is -2.41. The number of nitrogens with zero attached hydrogens (tertiary/aromatic N) is 2. The number of hydrogen-bond acceptors (Lipinski definition) is 4. The van der Waals surface area contributed by atoms with Crippen LogP contribution in [0.5, 0.6) is 0 Å². The molecule has 2 heterocycles. The summed E-state index contributed by atoms with van der Waals surface area (Å²) < 4.78 is 0. The highest BCUT2D eigenvalue weighted by atomic mass is 16.2. The number of carbonyl (C=O) groups excluding carboxylic acids is 3. The van der Waals surface area contributed by atoms with Crippen molar-refractivity contribution in [3.8, 4) is 0 Å². The minimum Gasteiger partial charge on any atom is -0.352 e. The van der Waals surface area contributed by atoms with Gasteiger partial charge in [-0.2, -0.15) is 0 Å². The lowest BCUT2D eigenvalue weighted by Crippen LogP contribution is -2.49. The van der Waals surface area contributed by atoms with Crippen molar-refractivity contribution >= 4 is 17.8 Å². The monoisotopic (exact) mass is 384 g/mol. The van der Waals surface area contributed by atoms with Crippen molar-refractivity contribution in [2.75, 3.05) is 19.6 Å². The fourth-order valence-corrected chi connectivity index (χ4v) is 4.29. The van der Waals surface area contributed by atoms with E-state index in [0.717, 1.165) is 50.2 Å². The quantitative estimate of drug-likeness (QED) is 0.728. The number of amides is 4. The standard InChI is InChI=1S/C21H28N4O3/c1-21(16-7-8-16)19(27)25(20(28)23-21)14-18(26)22-17-9-11-24(12-10-17)13-15-5-3-2-4-6-15/h2-6,16-17H,7-14H2,1H3,(H,22,26)(H,23,28). The summed E-state index contributed by atoms with van der Waals surface area (Å²) in [5, 5.41) is 5.78. The topological polar surface area (TPSA) is 81.8 Å². The molecule has 7 heteroatoms. The van der Waals surface area contributed by atoms with Crippen molar-refractivity contribution in [2.24, 2.45) is 5.92 Å². The molecule has 1 unspecified atom stereocenters.